The molecule has 3 rings (SSSR count). The van der Waals surface area contributed by atoms with Crippen LogP contribution in [0.4, 0.5) is 0 Å². The van der Waals surface area contributed by atoms with Crippen LogP contribution < -0.4 is 8.92 Å². The molecule has 1 aliphatic heterocycles. The molecule has 2 aromatic rings. The van der Waals surface area contributed by atoms with E-state index in [0.29, 0.717) is 16.4 Å². The summed E-state index contributed by atoms with van der Waals surface area (Å²) >= 11 is 5.20. The van der Waals surface area contributed by atoms with Gasteiger partial charge in [0, 0.05) is 14.1 Å². The Labute approximate surface area is 175 Å². The monoisotopic (exact) mass is 432 g/mol. The predicted octanol–water partition coefficient (Wildman–Crippen LogP) is 2.80. The van der Waals surface area contributed by atoms with Crippen LogP contribution in [0.2, 0.25) is 0 Å². The molecule has 2 aromatic carbocycles. The number of hydrogen-bond acceptors (Lipinski definition) is 6. The summed E-state index contributed by atoms with van der Waals surface area (Å²) in [6.07, 6.45) is 1.65. The van der Waals surface area contributed by atoms with Crippen LogP contribution in [0, 0.1) is 6.92 Å². The maximum absolute atomic E-state index is 12.5. The summed E-state index contributed by atoms with van der Waals surface area (Å²) in [5, 5.41) is 0.400. The van der Waals surface area contributed by atoms with Gasteiger partial charge in [-0.1, -0.05) is 23.8 Å². The Morgan fingerprint density at radius 1 is 1.00 bits per heavy atom. The summed E-state index contributed by atoms with van der Waals surface area (Å²) in [6, 6.07) is 11.1. The standard InChI is InChI=1S/C20H20N2O5S2/c1-13-5-8-15(9-6-13)29(24,25)27-17-10-7-14(12-18(17)26-4)11-16-19(23)22(3)20(28)21(16)2/h5-12H,1-4H3. The van der Waals surface area contributed by atoms with Crippen LogP contribution in [0.1, 0.15) is 11.1 Å². The number of nitrogens with zero attached hydrogens (tertiary/aromatic N) is 2. The fraction of sp³-hybridized carbons (Fsp3) is 0.200. The number of aryl methyl sites for hydroxylation is 1. The smallest absolute Gasteiger partial charge is 0.339 e. The van der Waals surface area contributed by atoms with Crippen molar-refractivity contribution in [2.45, 2.75) is 11.8 Å². The quantitative estimate of drug-likeness (QED) is 0.409. The van der Waals surface area contributed by atoms with Crippen molar-refractivity contribution in [1.82, 2.24) is 9.80 Å². The van der Waals surface area contributed by atoms with Gasteiger partial charge in [-0.2, -0.15) is 8.42 Å². The van der Waals surface area contributed by atoms with Gasteiger partial charge in [-0.05, 0) is 55.0 Å². The van der Waals surface area contributed by atoms with Gasteiger partial charge in [0.05, 0.1) is 7.11 Å². The van der Waals surface area contributed by atoms with Gasteiger partial charge in [0.2, 0.25) is 0 Å². The number of benzene rings is 2. The van der Waals surface area contributed by atoms with Gasteiger partial charge >= 0.3 is 10.1 Å². The molecule has 0 saturated carbocycles. The number of carbonyl (C=O) groups excluding carboxylic acids is 1. The van der Waals surface area contributed by atoms with Gasteiger partial charge in [-0.3, -0.25) is 9.69 Å². The molecule has 0 N–H and O–H groups in total. The summed E-state index contributed by atoms with van der Waals surface area (Å²) in [5.41, 5.74) is 1.98. The molecule has 0 unspecified atom stereocenters. The highest BCUT2D eigenvalue weighted by Gasteiger charge is 2.32. The molecule has 152 valence electrons. The van der Waals surface area contributed by atoms with Crippen LogP contribution >= 0.6 is 12.2 Å². The van der Waals surface area contributed by atoms with Gasteiger partial charge in [0.25, 0.3) is 5.91 Å². The van der Waals surface area contributed by atoms with Crippen LogP contribution in [-0.4, -0.2) is 50.4 Å². The third-order valence-electron chi connectivity index (χ3n) is 4.46. The lowest BCUT2D eigenvalue weighted by atomic mass is 10.1. The van der Waals surface area contributed by atoms with Gasteiger partial charge < -0.3 is 13.8 Å². The number of hydrogen-bond donors (Lipinski definition) is 0. The highest BCUT2D eigenvalue weighted by Crippen LogP contribution is 2.32. The maximum atomic E-state index is 12.5. The van der Waals surface area contributed by atoms with E-state index >= 15 is 0 Å². The third kappa shape index (κ3) is 4.10. The van der Waals surface area contributed by atoms with Crippen molar-refractivity contribution in [2.24, 2.45) is 0 Å². The maximum Gasteiger partial charge on any atom is 0.339 e. The first-order valence-corrected chi connectivity index (χ1v) is 10.4. The van der Waals surface area contributed by atoms with E-state index in [-0.39, 0.29) is 22.3 Å². The van der Waals surface area contributed by atoms with E-state index in [9.17, 15) is 13.2 Å². The number of thiocarbonyl (C=S) groups is 1. The van der Waals surface area contributed by atoms with Gasteiger partial charge in [-0.15, -0.1) is 0 Å². The molecule has 0 bridgehead atoms. The zero-order chi connectivity index (χ0) is 21.3. The van der Waals surface area contributed by atoms with Gasteiger partial charge in [0.15, 0.2) is 16.6 Å². The molecular weight excluding hydrogens is 412 g/mol. The molecule has 0 aromatic heterocycles. The Morgan fingerprint density at radius 3 is 2.21 bits per heavy atom. The second kappa shape index (κ2) is 7.84. The Morgan fingerprint density at radius 2 is 1.66 bits per heavy atom. The van der Waals surface area contributed by atoms with Crippen molar-refractivity contribution in [3.63, 3.8) is 0 Å². The largest absolute Gasteiger partial charge is 0.493 e. The average molecular weight is 433 g/mol. The van der Waals surface area contributed by atoms with Crippen molar-refractivity contribution in [2.75, 3.05) is 21.2 Å². The van der Waals surface area contributed by atoms with Crippen molar-refractivity contribution in [1.29, 1.82) is 0 Å². The zero-order valence-electron chi connectivity index (χ0n) is 16.4. The van der Waals surface area contributed by atoms with Gasteiger partial charge in [-0.25, -0.2) is 0 Å². The van der Waals surface area contributed by atoms with Crippen LogP contribution in [0.15, 0.2) is 53.1 Å². The predicted molar refractivity (Wildman–Crippen MR) is 113 cm³/mol. The minimum absolute atomic E-state index is 0.0473. The summed E-state index contributed by atoms with van der Waals surface area (Å²) in [7, 11) is 0.712. The summed E-state index contributed by atoms with van der Waals surface area (Å²) in [4.78, 5) is 15.3. The van der Waals surface area contributed by atoms with E-state index in [1.165, 1.54) is 30.2 Å². The second-order valence-corrected chi connectivity index (χ2v) is 8.41. The molecule has 1 heterocycles. The minimum Gasteiger partial charge on any atom is -0.493 e. The molecule has 1 fully saturated rings. The third-order valence-corrected chi connectivity index (χ3v) is 6.26. The Hall–Kier alpha value is -2.91. The molecule has 1 aliphatic rings. The zero-order valence-corrected chi connectivity index (χ0v) is 18.0. The first-order valence-electron chi connectivity index (χ1n) is 8.60. The van der Waals surface area contributed by atoms with Crippen LogP contribution in [0.25, 0.3) is 6.08 Å². The number of carbonyl (C=O) groups is 1. The Bertz CT molecular complexity index is 1110. The highest BCUT2D eigenvalue weighted by molar-refractivity contribution is 7.87. The molecular formula is C20H20N2O5S2. The number of methoxy groups -OCH3 is 1. The average Bonchev–Trinajstić information content (AvgIpc) is 2.87. The van der Waals surface area contributed by atoms with E-state index in [1.807, 2.05) is 6.92 Å². The second-order valence-electron chi connectivity index (χ2n) is 6.50. The summed E-state index contributed by atoms with van der Waals surface area (Å²) in [5.74, 6) is 0.0479. The van der Waals surface area contributed by atoms with Crippen LogP contribution in [0.3, 0.4) is 0 Å². The Balaban J connectivity index is 1.92. The van der Waals surface area contributed by atoms with Gasteiger partial charge in [0.1, 0.15) is 10.6 Å². The number of ether oxygens (including phenoxy) is 1. The first-order chi connectivity index (χ1) is 13.6. The molecule has 9 heteroatoms. The number of likely N-dealkylation sites (N-methyl/N-ethyl adjacent to an activating group) is 2. The van der Waals surface area contributed by atoms with Crippen molar-refractivity contribution >= 4 is 39.4 Å². The molecule has 7 nitrogen and oxygen atoms in total. The number of amides is 1. The van der Waals surface area contributed by atoms with E-state index in [2.05, 4.69) is 0 Å². The minimum atomic E-state index is -4.01. The lowest BCUT2D eigenvalue weighted by Crippen LogP contribution is -2.26. The molecule has 0 aliphatic carbocycles. The normalized spacial score (nSPS) is 15.9. The van der Waals surface area contributed by atoms with Crippen LogP contribution in [-0.2, 0) is 14.9 Å². The number of rotatable bonds is 5. The fourth-order valence-electron chi connectivity index (χ4n) is 2.76. The molecule has 1 saturated heterocycles. The fourth-order valence-corrected chi connectivity index (χ4v) is 3.88. The van der Waals surface area contributed by atoms with E-state index in [1.54, 1.807) is 49.3 Å². The molecule has 1 amide bonds. The van der Waals surface area contributed by atoms with Crippen LogP contribution in [0.5, 0.6) is 11.5 Å². The molecule has 0 spiro atoms. The highest BCUT2D eigenvalue weighted by atomic mass is 32.2. The van der Waals surface area contributed by atoms with E-state index in [0.717, 1.165) is 5.56 Å². The molecule has 0 radical (unpaired) electrons. The molecule has 29 heavy (non-hydrogen) atoms. The Kier molecular flexibility index (Phi) is 5.63. The topological polar surface area (TPSA) is 76.2 Å². The van der Waals surface area contributed by atoms with E-state index < -0.39 is 10.1 Å². The molecule has 0 atom stereocenters. The first kappa shape index (κ1) is 20.8. The van der Waals surface area contributed by atoms with Crippen molar-refractivity contribution in [3.8, 4) is 11.5 Å². The van der Waals surface area contributed by atoms with E-state index in [4.69, 9.17) is 21.1 Å². The van der Waals surface area contributed by atoms with Crippen molar-refractivity contribution in [3.05, 3.63) is 59.3 Å². The van der Waals surface area contributed by atoms with Crippen molar-refractivity contribution < 1.29 is 22.1 Å². The summed E-state index contributed by atoms with van der Waals surface area (Å²) in [6.45, 7) is 1.87. The lowest BCUT2D eigenvalue weighted by Gasteiger charge is -2.13. The summed E-state index contributed by atoms with van der Waals surface area (Å²) < 4.78 is 35.6. The lowest BCUT2D eigenvalue weighted by molar-refractivity contribution is -0.121. The SMILES string of the molecule is COc1cc(C=C2C(=O)N(C)C(=S)N2C)ccc1OS(=O)(=O)c1ccc(C)cc1.